The van der Waals surface area contributed by atoms with Crippen LogP contribution in [0.15, 0.2) is 15.5 Å². The summed E-state index contributed by atoms with van der Waals surface area (Å²) in [5.41, 5.74) is 0.654. The zero-order valence-corrected chi connectivity index (χ0v) is 14.8. The summed E-state index contributed by atoms with van der Waals surface area (Å²) in [4.78, 5) is 12.1. The first-order chi connectivity index (χ1) is 10.1. The Morgan fingerprint density at radius 2 is 2.10 bits per heavy atom. The first kappa shape index (κ1) is 18.2. The number of rotatable bonds is 10. The fraction of sp³-hybridized carbons (Fsp3) is 0.733. The molecule has 6 heteroatoms. The molecule has 0 radical (unpaired) electrons. The quantitative estimate of drug-likeness (QED) is 0.651. The molecule has 0 aliphatic carbocycles. The van der Waals surface area contributed by atoms with Crippen LogP contribution in [0.3, 0.4) is 0 Å². The Bertz CT molecular complexity index is 474. The molecule has 21 heavy (non-hydrogen) atoms. The van der Waals surface area contributed by atoms with E-state index in [2.05, 4.69) is 47.1 Å². The molecule has 0 saturated carbocycles. The van der Waals surface area contributed by atoms with Gasteiger partial charge in [0.05, 0.1) is 11.9 Å². The SMILES string of the molecule is CCCCOCCCNc1cnn(CC(C)C)c(=O)c1Br. The van der Waals surface area contributed by atoms with Gasteiger partial charge in [-0.25, -0.2) is 4.68 Å². The van der Waals surface area contributed by atoms with Crippen LogP contribution >= 0.6 is 15.9 Å². The van der Waals surface area contributed by atoms with Crippen molar-refractivity contribution in [2.45, 2.75) is 46.6 Å². The summed E-state index contributed by atoms with van der Waals surface area (Å²) in [5, 5.41) is 7.42. The number of hydrogen-bond donors (Lipinski definition) is 1. The second kappa shape index (κ2) is 9.95. The second-order valence-electron chi connectivity index (χ2n) is 5.50. The number of unbranched alkanes of at least 4 members (excludes halogenated alkanes) is 1. The second-order valence-corrected chi connectivity index (χ2v) is 6.29. The summed E-state index contributed by atoms with van der Waals surface area (Å²) in [7, 11) is 0. The van der Waals surface area contributed by atoms with E-state index in [9.17, 15) is 4.79 Å². The molecule has 0 aromatic carbocycles. The van der Waals surface area contributed by atoms with E-state index in [-0.39, 0.29) is 5.56 Å². The van der Waals surface area contributed by atoms with E-state index in [1.54, 1.807) is 6.20 Å². The van der Waals surface area contributed by atoms with Gasteiger partial charge in [0.15, 0.2) is 0 Å². The van der Waals surface area contributed by atoms with Gasteiger partial charge < -0.3 is 10.1 Å². The van der Waals surface area contributed by atoms with Gasteiger partial charge in [0.2, 0.25) is 0 Å². The number of ether oxygens (including phenoxy) is 1. The summed E-state index contributed by atoms with van der Waals surface area (Å²) in [6.45, 7) is 9.23. The number of halogens is 1. The summed E-state index contributed by atoms with van der Waals surface area (Å²) >= 11 is 3.36. The molecule has 0 amide bonds. The molecule has 1 rings (SSSR count). The molecule has 1 aromatic heterocycles. The predicted octanol–water partition coefficient (Wildman–Crippen LogP) is 3.28. The molecule has 0 atom stereocenters. The van der Waals surface area contributed by atoms with Crippen molar-refractivity contribution >= 4 is 21.6 Å². The van der Waals surface area contributed by atoms with Crippen molar-refractivity contribution in [3.63, 3.8) is 0 Å². The normalized spacial score (nSPS) is 11.1. The molecule has 0 saturated heterocycles. The molecule has 120 valence electrons. The minimum absolute atomic E-state index is 0.0899. The number of aromatic nitrogens is 2. The van der Waals surface area contributed by atoms with E-state index in [4.69, 9.17) is 4.74 Å². The van der Waals surface area contributed by atoms with Crippen molar-refractivity contribution in [3.05, 3.63) is 21.0 Å². The third-order valence-electron chi connectivity index (χ3n) is 2.95. The minimum Gasteiger partial charge on any atom is -0.383 e. The number of anilines is 1. The van der Waals surface area contributed by atoms with Gasteiger partial charge in [-0.1, -0.05) is 27.2 Å². The topological polar surface area (TPSA) is 56.1 Å². The lowest BCUT2D eigenvalue weighted by Crippen LogP contribution is -2.26. The Balaban J connectivity index is 2.42. The summed E-state index contributed by atoms with van der Waals surface area (Å²) in [6.07, 6.45) is 4.87. The van der Waals surface area contributed by atoms with Crippen LogP contribution < -0.4 is 10.9 Å². The maximum Gasteiger partial charge on any atom is 0.283 e. The van der Waals surface area contributed by atoms with Crippen molar-refractivity contribution < 1.29 is 4.74 Å². The van der Waals surface area contributed by atoms with Gasteiger partial charge in [-0.05, 0) is 34.7 Å². The average Bonchev–Trinajstić information content (AvgIpc) is 2.44. The van der Waals surface area contributed by atoms with Crippen LogP contribution in [0, 0.1) is 5.92 Å². The van der Waals surface area contributed by atoms with Crippen LogP contribution in [-0.4, -0.2) is 29.5 Å². The van der Waals surface area contributed by atoms with Crippen LogP contribution in [0.5, 0.6) is 0 Å². The van der Waals surface area contributed by atoms with E-state index >= 15 is 0 Å². The zero-order chi connectivity index (χ0) is 15.7. The molecule has 0 bridgehead atoms. The van der Waals surface area contributed by atoms with E-state index in [0.29, 0.717) is 16.9 Å². The van der Waals surface area contributed by atoms with Crippen molar-refractivity contribution in [2.24, 2.45) is 5.92 Å². The van der Waals surface area contributed by atoms with Gasteiger partial charge in [0.1, 0.15) is 4.47 Å². The lowest BCUT2D eigenvalue weighted by molar-refractivity contribution is 0.131. The predicted molar refractivity (Wildman–Crippen MR) is 89.9 cm³/mol. The van der Waals surface area contributed by atoms with Crippen LogP contribution in [0.4, 0.5) is 5.69 Å². The smallest absolute Gasteiger partial charge is 0.283 e. The molecule has 0 fully saturated rings. The van der Waals surface area contributed by atoms with Crippen LogP contribution in [-0.2, 0) is 11.3 Å². The fourth-order valence-corrected chi connectivity index (χ4v) is 2.26. The Morgan fingerprint density at radius 1 is 1.38 bits per heavy atom. The van der Waals surface area contributed by atoms with Crippen LogP contribution in [0.25, 0.3) is 0 Å². The van der Waals surface area contributed by atoms with Gasteiger partial charge in [0.25, 0.3) is 5.56 Å². The monoisotopic (exact) mass is 359 g/mol. The molecule has 5 nitrogen and oxygen atoms in total. The first-order valence-corrected chi connectivity index (χ1v) is 8.42. The third-order valence-corrected chi connectivity index (χ3v) is 3.71. The van der Waals surface area contributed by atoms with Crippen LogP contribution in [0.2, 0.25) is 0 Å². The summed E-state index contributed by atoms with van der Waals surface area (Å²) < 4.78 is 7.54. The largest absolute Gasteiger partial charge is 0.383 e. The number of hydrogen-bond acceptors (Lipinski definition) is 4. The maximum atomic E-state index is 12.1. The lowest BCUT2D eigenvalue weighted by Gasteiger charge is -2.11. The van der Waals surface area contributed by atoms with E-state index in [0.717, 1.165) is 44.7 Å². The van der Waals surface area contributed by atoms with E-state index in [1.807, 2.05) is 0 Å². The molecule has 0 aliphatic heterocycles. The minimum atomic E-state index is -0.0899. The van der Waals surface area contributed by atoms with Crippen molar-refractivity contribution in [1.82, 2.24) is 9.78 Å². The molecule has 1 heterocycles. The van der Waals surface area contributed by atoms with Gasteiger partial charge in [-0.15, -0.1) is 0 Å². The first-order valence-electron chi connectivity index (χ1n) is 7.63. The molecular formula is C15H26BrN3O2. The third kappa shape index (κ3) is 6.61. The van der Waals surface area contributed by atoms with Crippen molar-refractivity contribution in [3.8, 4) is 0 Å². The highest BCUT2D eigenvalue weighted by atomic mass is 79.9. The molecule has 0 spiro atoms. The van der Waals surface area contributed by atoms with Gasteiger partial charge in [-0.2, -0.15) is 5.10 Å². The summed E-state index contributed by atoms with van der Waals surface area (Å²) in [5.74, 6) is 0.390. The number of nitrogens with zero attached hydrogens (tertiary/aromatic N) is 2. The standard InChI is InChI=1S/C15H26BrN3O2/c1-4-5-8-21-9-6-7-17-13-10-18-19(11-12(2)3)15(20)14(13)16/h10,12,17H,4-9,11H2,1-3H3. The molecule has 1 aromatic rings. The van der Waals surface area contributed by atoms with Gasteiger partial charge in [-0.3, -0.25) is 4.79 Å². The van der Waals surface area contributed by atoms with Crippen molar-refractivity contribution in [2.75, 3.05) is 25.1 Å². The van der Waals surface area contributed by atoms with E-state index in [1.165, 1.54) is 4.68 Å². The Morgan fingerprint density at radius 3 is 2.76 bits per heavy atom. The van der Waals surface area contributed by atoms with Crippen molar-refractivity contribution in [1.29, 1.82) is 0 Å². The molecule has 1 N–H and O–H groups in total. The van der Waals surface area contributed by atoms with Gasteiger partial charge in [0, 0.05) is 26.3 Å². The van der Waals surface area contributed by atoms with Gasteiger partial charge >= 0.3 is 0 Å². The molecular weight excluding hydrogens is 334 g/mol. The van der Waals surface area contributed by atoms with E-state index < -0.39 is 0 Å². The highest BCUT2D eigenvalue weighted by Crippen LogP contribution is 2.16. The Labute approximate surface area is 135 Å². The highest BCUT2D eigenvalue weighted by molar-refractivity contribution is 9.10. The molecule has 0 unspecified atom stereocenters. The maximum absolute atomic E-state index is 12.1. The zero-order valence-electron chi connectivity index (χ0n) is 13.2. The number of nitrogens with one attached hydrogen (secondary N) is 1. The molecule has 0 aliphatic rings. The average molecular weight is 360 g/mol. The Kier molecular flexibility index (Phi) is 8.61. The fourth-order valence-electron chi connectivity index (χ4n) is 1.81. The summed E-state index contributed by atoms with van der Waals surface area (Å²) in [6, 6.07) is 0. The Hall–Kier alpha value is -0.880. The highest BCUT2D eigenvalue weighted by Gasteiger charge is 2.09. The van der Waals surface area contributed by atoms with Crippen LogP contribution in [0.1, 0.15) is 40.0 Å². The lowest BCUT2D eigenvalue weighted by atomic mass is 10.2.